The van der Waals surface area contributed by atoms with Crippen molar-refractivity contribution in [2.24, 2.45) is 21.6 Å². The van der Waals surface area contributed by atoms with Gasteiger partial charge >= 0.3 is 0 Å². The zero-order valence-corrected chi connectivity index (χ0v) is 13.5. The lowest BCUT2D eigenvalue weighted by molar-refractivity contribution is 0.100. The van der Waals surface area contributed by atoms with Crippen molar-refractivity contribution in [2.45, 2.75) is 4.90 Å². The van der Waals surface area contributed by atoms with Crippen LogP contribution in [0.2, 0.25) is 0 Å². The topological polar surface area (TPSA) is 142 Å². The maximum Gasteiger partial charge on any atom is 0.280 e. The molecule has 0 saturated heterocycles. The van der Waals surface area contributed by atoms with Gasteiger partial charge in [-0.15, -0.1) is 12.4 Å². The molecule has 0 aromatic heterocycles. The number of carbonyl (C=O) groups excluding carboxylic acids is 1. The van der Waals surface area contributed by atoms with Gasteiger partial charge in [0.05, 0.1) is 4.90 Å². The molecule has 0 aliphatic carbocycles. The first-order valence-electron chi connectivity index (χ1n) is 6.15. The summed E-state index contributed by atoms with van der Waals surface area (Å²) in [5.41, 5.74) is 11.4. The Morgan fingerprint density at radius 3 is 2.13 bits per heavy atom. The highest BCUT2D eigenvalue weighted by molar-refractivity contribution is 7.89. The van der Waals surface area contributed by atoms with E-state index in [0.717, 1.165) is 6.07 Å². The quantitative estimate of drug-likeness (QED) is 0.553. The molecule has 0 fully saturated rings. The van der Waals surface area contributed by atoms with Crippen molar-refractivity contribution in [2.75, 3.05) is 0 Å². The van der Waals surface area contributed by atoms with E-state index < -0.39 is 21.9 Å². The molecule has 2 aromatic carbocycles. The van der Waals surface area contributed by atoms with Gasteiger partial charge in [0.1, 0.15) is 0 Å². The third-order valence-electron chi connectivity index (χ3n) is 2.85. The molecular formula is C14H15ClN4O3S. The second-order valence-electron chi connectivity index (χ2n) is 4.46. The number of halogens is 1. The molecule has 23 heavy (non-hydrogen) atoms. The van der Waals surface area contributed by atoms with Crippen LogP contribution in [0.1, 0.15) is 10.4 Å². The van der Waals surface area contributed by atoms with E-state index in [2.05, 4.69) is 4.99 Å². The first-order valence-corrected chi connectivity index (χ1v) is 7.70. The smallest absolute Gasteiger partial charge is 0.280 e. The van der Waals surface area contributed by atoms with Crippen LogP contribution in [0.3, 0.4) is 0 Å². The normalized spacial score (nSPS) is 10.5. The third kappa shape index (κ3) is 4.52. The lowest BCUT2D eigenvalue weighted by Crippen LogP contribution is -2.24. The number of hydrogen-bond acceptors (Lipinski definition) is 3. The molecule has 0 saturated carbocycles. The summed E-state index contributed by atoms with van der Waals surface area (Å²) < 4.78 is 23.6. The minimum Gasteiger partial charge on any atom is -0.370 e. The first-order chi connectivity index (χ1) is 10.3. The maximum atomic E-state index is 11.8. The molecule has 0 unspecified atom stereocenters. The van der Waals surface area contributed by atoms with Gasteiger partial charge in [0, 0.05) is 11.1 Å². The van der Waals surface area contributed by atoms with Gasteiger partial charge in [0.25, 0.3) is 5.91 Å². The number of guanidine groups is 1. The highest BCUT2D eigenvalue weighted by Crippen LogP contribution is 2.27. The van der Waals surface area contributed by atoms with Gasteiger partial charge in [-0.3, -0.25) is 4.79 Å². The van der Waals surface area contributed by atoms with E-state index in [1.807, 2.05) is 0 Å². The number of nitrogens with zero attached hydrogens (tertiary/aromatic N) is 1. The molecule has 1 amide bonds. The Bertz CT molecular complexity index is 848. The van der Waals surface area contributed by atoms with Crippen molar-refractivity contribution < 1.29 is 13.2 Å². The van der Waals surface area contributed by atoms with Crippen molar-refractivity contribution in [3.63, 3.8) is 0 Å². The molecule has 0 heterocycles. The Hall–Kier alpha value is -2.42. The predicted molar refractivity (Wildman–Crippen MR) is 90.6 cm³/mol. The number of nitrogens with two attached hydrogens (primary N) is 3. The zero-order chi connectivity index (χ0) is 16.3. The molecule has 0 aliphatic rings. The van der Waals surface area contributed by atoms with Gasteiger partial charge < -0.3 is 11.5 Å². The molecule has 2 aromatic rings. The number of aliphatic imine (C=N–C) groups is 1. The van der Waals surface area contributed by atoms with E-state index in [1.165, 1.54) is 12.1 Å². The average Bonchev–Trinajstić information content (AvgIpc) is 2.46. The summed E-state index contributed by atoms with van der Waals surface area (Å²) in [7, 11) is -4.03. The molecule has 0 spiro atoms. The van der Waals surface area contributed by atoms with E-state index >= 15 is 0 Å². The average molecular weight is 355 g/mol. The predicted octanol–water partition coefficient (Wildman–Crippen LogP) is 0.836. The first kappa shape index (κ1) is 18.6. The number of carbonyl (C=O) groups is 1. The summed E-state index contributed by atoms with van der Waals surface area (Å²) in [5.74, 6) is -1.15. The SMILES string of the molecule is Cl.NC(N)=NC(=O)c1ccc(-c2ccccc2)c(S(N)(=O)=O)c1. The monoisotopic (exact) mass is 354 g/mol. The molecule has 0 bridgehead atoms. The summed E-state index contributed by atoms with van der Waals surface area (Å²) in [6, 6.07) is 12.9. The molecule has 0 atom stereocenters. The summed E-state index contributed by atoms with van der Waals surface area (Å²) in [5, 5.41) is 5.24. The van der Waals surface area contributed by atoms with Crippen LogP contribution >= 0.6 is 12.4 Å². The third-order valence-corrected chi connectivity index (χ3v) is 3.80. The molecule has 7 nitrogen and oxygen atoms in total. The van der Waals surface area contributed by atoms with Crippen molar-refractivity contribution in [1.29, 1.82) is 0 Å². The maximum absolute atomic E-state index is 11.8. The highest BCUT2D eigenvalue weighted by Gasteiger charge is 2.18. The van der Waals surface area contributed by atoms with Crippen molar-refractivity contribution in [3.05, 3.63) is 54.1 Å². The summed E-state index contributed by atoms with van der Waals surface area (Å²) in [4.78, 5) is 15.0. The second-order valence-corrected chi connectivity index (χ2v) is 5.99. The van der Waals surface area contributed by atoms with Gasteiger partial charge in [0.15, 0.2) is 5.96 Å². The largest absolute Gasteiger partial charge is 0.370 e. The minimum absolute atomic E-state index is 0. The van der Waals surface area contributed by atoms with Gasteiger partial charge in [0.2, 0.25) is 10.0 Å². The van der Waals surface area contributed by atoms with Crippen LogP contribution in [-0.4, -0.2) is 20.3 Å². The Morgan fingerprint density at radius 1 is 1.00 bits per heavy atom. The van der Waals surface area contributed by atoms with Crippen molar-refractivity contribution in [1.82, 2.24) is 0 Å². The summed E-state index contributed by atoms with van der Waals surface area (Å²) in [6.07, 6.45) is 0. The van der Waals surface area contributed by atoms with Gasteiger partial charge in [-0.05, 0) is 17.7 Å². The molecular weight excluding hydrogens is 340 g/mol. The van der Waals surface area contributed by atoms with Crippen molar-refractivity contribution >= 4 is 34.3 Å². The van der Waals surface area contributed by atoms with E-state index in [9.17, 15) is 13.2 Å². The van der Waals surface area contributed by atoms with Crippen LogP contribution < -0.4 is 16.6 Å². The fraction of sp³-hybridized carbons (Fsp3) is 0. The lowest BCUT2D eigenvalue weighted by Gasteiger charge is -2.09. The van der Waals surface area contributed by atoms with E-state index in [1.54, 1.807) is 30.3 Å². The van der Waals surface area contributed by atoms with Crippen LogP contribution in [0.4, 0.5) is 0 Å². The minimum atomic E-state index is -4.03. The zero-order valence-electron chi connectivity index (χ0n) is 11.8. The van der Waals surface area contributed by atoms with Crippen LogP contribution in [-0.2, 0) is 10.0 Å². The summed E-state index contributed by atoms with van der Waals surface area (Å²) >= 11 is 0. The van der Waals surface area contributed by atoms with Gasteiger partial charge in [-0.1, -0.05) is 36.4 Å². The van der Waals surface area contributed by atoms with Crippen LogP contribution in [0, 0.1) is 0 Å². The molecule has 0 aliphatic heterocycles. The molecule has 2 rings (SSSR count). The molecule has 0 radical (unpaired) electrons. The number of rotatable bonds is 3. The van der Waals surface area contributed by atoms with Gasteiger partial charge in [-0.25, -0.2) is 13.6 Å². The molecule has 122 valence electrons. The molecule has 6 N–H and O–H groups in total. The van der Waals surface area contributed by atoms with Crippen LogP contribution in [0.25, 0.3) is 11.1 Å². The Balaban J connectivity index is 0.00000264. The van der Waals surface area contributed by atoms with E-state index in [0.29, 0.717) is 11.1 Å². The Kier molecular flexibility index (Phi) is 5.85. The fourth-order valence-corrected chi connectivity index (χ4v) is 2.71. The Morgan fingerprint density at radius 2 is 1.61 bits per heavy atom. The fourth-order valence-electron chi connectivity index (χ4n) is 1.93. The highest BCUT2D eigenvalue weighted by atomic mass is 35.5. The van der Waals surface area contributed by atoms with Crippen molar-refractivity contribution in [3.8, 4) is 11.1 Å². The number of benzene rings is 2. The number of sulfonamides is 1. The standard InChI is InChI=1S/C14H14N4O3S.ClH/c15-14(16)18-13(19)10-6-7-11(9-4-2-1-3-5-9)12(8-10)22(17,20)21;/h1-8H,(H2,17,20,21)(H4,15,16,18,19);1H. The number of amides is 1. The number of primary sulfonamides is 1. The van der Waals surface area contributed by atoms with Gasteiger partial charge in [-0.2, -0.15) is 4.99 Å². The molecule has 9 heteroatoms. The van der Waals surface area contributed by atoms with E-state index in [4.69, 9.17) is 16.6 Å². The summed E-state index contributed by atoms with van der Waals surface area (Å²) in [6.45, 7) is 0. The second kappa shape index (κ2) is 7.23. The van der Waals surface area contributed by atoms with Crippen LogP contribution in [0.5, 0.6) is 0 Å². The van der Waals surface area contributed by atoms with E-state index in [-0.39, 0.29) is 22.9 Å². The Labute approximate surface area is 139 Å². The number of hydrogen-bond donors (Lipinski definition) is 3. The van der Waals surface area contributed by atoms with Crippen LogP contribution in [0.15, 0.2) is 58.4 Å². The lowest BCUT2D eigenvalue weighted by atomic mass is 10.0.